The molecule has 7 nitrogen and oxygen atoms in total. The van der Waals surface area contributed by atoms with Gasteiger partial charge in [-0.25, -0.2) is 0 Å². The van der Waals surface area contributed by atoms with Crippen molar-refractivity contribution in [3.63, 3.8) is 0 Å². The van der Waals surface area contributed by atoms with E-state index >= 15 is 0 Å². The van der Waals surface area contributed by atoms with Crippen molar-refractivity contribution < 1.29 is 19.0 Å². The van der Waals surface area contributed by atoms with Crippen molar-refractivity contribution in [1.29, 1.82) is 0 Å². The fraction of sp³-hybridized carbons (Fsp3) is 0.308. The first-order valence-corrected chi connectivity index (χ1v) is 5.74. The zero-order valence-electron chi connectivity index (χ0n) is 11.5. The van der Waals surface area contributed by atoms with E-state index < -0.39 is 5.97 Å². The van der Waals surface area contributed by atoms with Gasteiger partial charge >= 0.3 is 5.97 Å². The molecule has 0 heterocycles. The molecule has 7 heteroatoms. The Balaban J connectivity index is 3.14. The van der Waals surface area contributed by atoms with Crippen LogP contribution in [0.15, 0.2) is 23.3 Å². The second-order valence-corrected chi connectivity index (χ2v) is 3.66. The first-order chi connectivity index (χ1) is 9.62. The summed E-state index contributed by atoms with van der Waals surface area (Å²) in [4.78, 5) is 13.7. The predicted octanol–water partition coefficient (Wildman–Crippen LogP) is 2.95. The van der Waals surface area contributed by atoms with E-state index in [1.807, 2.05) is 0 Å². The number of ether oxygens (including phenoxy) is 3. The van der Waals surface area contributed by atoms with Crippen LogP contribution in [0.4, 0.5) is 0 Å². The van der Waals surface area contributed by atoms with Crippen molar-refractivity contribution in [3.05, 3.63) is 34.2 Å². The first kappa shape index (κ1) is 15.4. The van der Waals surface area contributed by atoms with Crippen LogP contribution in [0.1, 0.15) is 12.5 Å². The Hall–Kier alpha value is -2.66. The zero-order chi connectivity index (χ0) is 15.0. The summed E-state index contributed by atoms with van der Waals surface area (Å²) in [6, 6.07) is 3.38. The quantitative estimate of drug-likeness (QED) is 0.262. The highest BCUT2D eigenvalue weighted by molar-refractivity contribution is 5.73. The van der Waals surface area contributed by atoms with Gasteiger partial charge in [-0.3, -0.25) is 4.79 Å². The molecule has 106 valence electrons. The molecule has 0 aromatic heterocycles. The lowest BCUT2D eigenvalue weighted by Gasteiger charge is -2.13. The summed E-state index contributed by atoms with van der Waals surface area (Å²) in [6.07, 6.45) is 3.44. The van der Waals surface area contributed by atoms with E-state index in [0.29, 0.717) is 11.5 Å². The molecule has 0 N–H and O–H groups in total. The average molecular weight is 277 g/mol. The molecule has 20 heavy (non-hydrogen) atoms. The Bertz CT molecular complexity index is 538. The Morgan fingerprint density at radius 3 is 2.40 bits per heavy atom. The van der Waals surface area contributed by atoms with Gasteiger partial charge in [0, 0.05) is 18.4 Å². The molecule has 0 saturated heterocycles. The van der Waals surface area contributed by atoms with Crippen LogP contribution in [0.5, 0.6) is 17.2 Å². The first-order valence-electron chi connectivity index (χ1n) is 5.74. The molecule has 1 aromatic carbocycles. The molecule has 0 radical (unpaired) electrons. The number of nitrogens with zero attached hydrogens (tertiary/aromatic N) is 3. The van der Waals surface area contributed by atoms with Crippen molar-refractivity contribution in [1.82, 2.24) is 0 Å². The summed E-state index contributed by atoms with van der Waals surface area (Å²) in [5, 5.41) is 3.39. The van der Waals surface area contributed by atoms with Crippen molar-refractivity contribution in [3.8, 4) is 17.2 Å². The number of carbonyl (C=O) groups is 1. The van der Waals surface area contributed by atoms with Gasteiger partial charge in [0.1, 0.15) is 0 Å². The standard InChI is InChI=1S/C13H15N3O4/c1-9(17)20-13-11(18-2)7-10(8-12(13)19-3)5-4-6-15-16-14/h4-5,7-8H,6H2,1-3H3. The Morgan fingerprint density at radius 2 is 1.95 bits per heavy atom. The molecular weight excluding hydrogens is 262 g/mol. The lowest BCUT2D eigenvalue weighted by Crippen LogP contribution is -2.05. The number of benzene rings is 1. The van der Waals surface area contributed by atoms with Crippen LogP contribution in [-0.2, 0) is 4.79 Å². The van der Waals surface area contributed by atoms with Crippen LogP contribution in [0.25, 0.3) is 16.5 Å². The number of esters is 1. The zero-order valence-corrected chi connectivity index (χ0v) is 11.5. The molecule has 1 rings (SSSR count). The Kier molecular flexibility index (Phi) is 5.93. The fourth-order valence-electron chi connectivity index (χ4n) is 1.51. The molecule has 0 aliphatic rings. The van der Waals surface area contributed by atoms with Crippen LogP contribution < -0.4 is 14.2 Å². The Labute approximate surface area is 116 Å². The van der Waals surface area contributed by atoms with E-state index in [1.165, 1.54) is 21.1 Å². The van der Waals surface area contributed by atoms with Gasteiger partial charge in [0.05, 0.1) is 14.2 Å². The molecule has 0 saturated carbocycles. The lowest BCUT2D eigenvalue weighted by molar-refractivity contribution is -0.132. The molecule has 0 aliphatic carbocycles. The number of methoxy groups -OCH3 is 2. The molecule has 0 fully saturated rings. The summed E-state index contributed by atoms with van der Waals surface area (Å²) in [5.41, 5.74) is 8.95. The second-order valence-electron chi connectivity index (χ2n) is 3.66. The summed E-state index contributed by atoms with van der Waals surface area (Å²) in [7, 11) is 2.93. The van der Waals surface area contributed by atoms with Gasteiger partial charge in [0.2, 0.25) is 5.75 Å². The van der Waals surface area contributed by atoms with Crippen LogP contribution in [-0.4, -0.2) is 26.7 Å². The van der Waals surface area contributed by atoms with Crippen LogP contribution >= 0.6 is 0 Å². The third-order valence-electron chi connectivity index (χ3n) is 2.29. The maximum atomic E-state index is 11.1. The van der Waals surface area contributed by atoms with E-state index in [4.69, 9.17) is 19.7 Å². The highest BCUT2D eigenvalue weighted by Crippen LogP contribution is 2.39. The minimum Gasteiger partial charge on any atom is -0.493 e. The fourth-order valence-corrected chi connectivity index (χ4v) is 1.51. The van der Waals surface area contributed by atoms with E-state index in [1.54, 1.807) is 24.3 Å². The number of hydrogen-bond donors (Lipinski definition) is 0. The van der Waals surface area contributed by atoms with Crippen LogP contribution in [0.3, 0.4) is 0 Å². The van der Waals surface area contributed by atoms with Gasteiger partial charge in [-0.1, -0.05) is 17.3 Å². The third-order valence-corrected chi connectivity index (χ3v) is 2.29. The van der Waals surface area contributed by atoms with E-state index in [9.17, 15) is 4.79 Å². The monoisotopic (exact) mass is 277 g/mol. The number of carbonyl (C=O) groups excluding carboxylic acids is 1. The Morgan fingerprint density at radius 1 is 1.35 bits per heavy atom. The molecule has 0 unspecified atom stereocenters. The minimum absolute atomic E-state index is 0.231. The summed E-state index contributed by atoms with van der Waals surface area (Å²) in [5.74, 6) is 0.522. The van der Waals surface area contributed by atoms with E-state index in [-0.39, 0.29) is 12.3 Å². The highest BCUT2D eigenvalue weighted by atomic mass is 16.6. The summed E-state index contributed by atoms with van der Waals surface area (Å²) in [6.45, 7) is 1.54. The number of rotatable bonds is 6. The molecule has 1 aromatic rings. The van der Waals surface area contributed by atoms with Crippen LogP contribution in [0, 0.1) is 0 Å². The second kappa shape index (κ2) is 7.70. The third kappa shape index (κ3) is 4.22. The number of azide groups is 1. The van der Waals surface area contributed by atoms with Crippen molar-refractivity contribution >= 4 is 12.0 Å². The highest BCUT2D eigenvalue weighted by Gasteiger charge is 2.15. The predicted molar refractivity (Wildman–Crippen MR) is 73.9 cm³/mol. The molecule has 0 aliphatic heterocycles. The molecular formula is C13H15N3O4. The minimum atomic E-state index is -0.465. The van der Waals surface area contributed by atoms with Crippen molar-refractivity contribution in [2.75, 3.05) is 20.8 Å². The van der Waals surface area contributed by atoms with Gasteiger partial charge in [-0.15, -0.1) is 0 Å². The average Bonchev–Trinajstić information content (AvgIpc) is 2.43. The van der Waals surface area contributed by atoms with Crippen LogP contribution in [0.2, 0.25) is 0 Å². The maximum Gasteiger partial charge on any atom is 0.308 e. The molecule has 0 atom stereocenters. The van der Waals surface area contributed by atoms with E-state index in [2.05, 4.69) is 10.0 Å². The van der Waals surface area contributed by atoms with Crippen molar-refractivity contribution in [2.24, 2.45) is 5.11 Å². The summed E-state index contributed by atoms with van der Waals surface area (Å²) < 4.78 is 15.4. The lowest BCUT2D eigenvalue weighted by atomic mass is 10.1. The van der Waals surface area contributed by atoms with Gasteiger partial charge in [-0.2, -0.15) is 0 Å². The van der Waals surface area contributed by atoms with Gasteiger partial charge in [0.15, 0.2) is 11.5 Å². The molecule has 0 spiro atoms. The number of hydrogen-bond acceptors (Lipinski definition) is 5. The van der Waals surface area contributed by atoms with Crippen molar-refractivity contribution in [2.45, 2.75) is 6.92 Å². The normalized spacial score (nSPS) is 9.95. The van der Waals surface area contributed by atoms with Gasteiger partial charge < -0.3 is 14.2 Å². The SMILES string of the molecule is COc1cc(C=CCN=[N+]=[N-])cc(OC)c1OC(C)=O. The topological polar surface area (TPSA) is 93.5 Å². The largest absolute Gasteiger partial charge is 0.493 e. The van der Waals surface area contributed by atoms with Gasteiger partial charge in [0.25, 0.3) is 0 Å². The molecule has 0 amide bonds. The van der Waals surface area contributed by atoms with Gasteiger partial charge in [-0.05, 0) is 23.2 Å². The smallest absolute Gasteiger partial charge is 0.308 e. The summed E-state index contributed by atoms with van der Waals surface area (Å²) >= 11 is 0. The van der Waals surface area contributed by atoms with E-state index in [0.717, 1.165) is 5.56 Å². The molecule has 0 bridgehead atoms. The maximum absolute atomic E-state index is 11.1.